The van der Waals surface area contributed by atoms with Crippen molar-refractivity contribution in [1.82, 2.24) is 0 Å². The summed E-state index contributed by atoms with van der Waals surface area (Å²) >= 11 is 0. The van der Waals surface area contributed by atoms with Crippen molar-refractivity contribution in [2.75, 3.05) is 6.61 Å². The third-order valence-corrected chi connectivity index (χ3v) is 9.26. The minimum Gasteiger partial charge on any atom is -1.00 e. The molecule has 0 radical (unpaired) electrons. The molecule has 0 N–H and O–H groups in total. The summed E-state index contributed by atoms with van der Waals surface area (Å²) in [4.78, 5) is 0. The Morgan fingerprint density at radius 1 is 0.517 bits per heavy atom. The normalized spacial score (nSPS) is 10.8. The van der Waals surface area contributed by atoms with Gasteiger partial charge in [-0.05, 0) is 67.6 Å². The van der Waals surface area contributed by atoms with Crippen LogP contribution in [0.4, 0.5) is 0 Å². The zero-order valence-corrected chi connectivity index (χ0v) is 18.9. The van der Waals surface area contributed by atoms with E-state index in [0.717, 1.165) is 5.75 Å². The van der Waals surface area contributed by atoms with Crippen LogP contribution < -0.4 is 42.9 Å². The van der Waals surface area contributed by atoms with Gasteiger partial charge in [0.05, 0.1) is 6.61 Å². The third kappa shape index (κ3) is 4.15. The number of hydrogen-bond donors (Lipinski definition) is 0. The van der Waals surface area contributed by atoms with Crippen LogP contribution in [0.15, 0.2) is 115 Å². The van der Waals surface area contributed by atoms with Gasteiger partial charge in [0, 0.05) is 0 Å². The van der Waals surface area contributed by atoms with Crippen molar-refractivity contribution in [1.29, 1.82) is 0 Å². The van der Waals surface area contributed by atoms with E-state index in [-0.39, 0.29) is 17.0 Å². The van der Waals surface area contributed by atoms with E-state index in [1.54, 1.807) is 0 Å². The highest BCUT2D eigenvalue weighted by atomic mass is 79.9. The molecule has 4 aromatic carbocycles. The molecule has 0 aliphatic carbocycles. The van der Waals surface area contributed by atoms with Crippen molar-refractivity contribution in [2.45, 2.75) is 6.92 Å². The lowest BCUT2D eigenvalue weighted by Gasteiger charge is -2.27. The van der Waals surface area contributed by atoms with Crippen molar-refractivity contribution in [3.63, 3.8) is 0 Å². The smallest absolute Gasteiger partial charge is 0.144 e. The van der Waals surface area contributed by atoms with Crippen LogP contribution in [0.25, 0.3) is 0 Å². The summed E-state index contributed by atoms with van der Waals surface area (Å²) in [5, 5.41) is 5.41. The van der Waals surface area contributed by atoms with E-state index in [1.165, 1.54) is 21.2 Å². The molecule has 29 heavy (non-hydrogen) atoms. The molecular weight excluding hydrogens is 439 g/mol. The molecule has 0 atom stereocenters. The maximum Gasteiger partial charge on any atom is 0.144 e. The molecule has 4 rings (SSSR count). The van der Waals surface area contributed by atoms with Gasteiger partial charge in [0.15, 0.2) is 0 Å². The van der Waals surface area contributed by atoms with Gasteiger partial charge in [-0.1, -0.05) is 54.6 Å². The summed E-state index contributed by atoms with van der Waals surface area (Å²) in [5.41, 5.74) is 0. The van der Waals surface area contributed by atoms with E-state index in [0.29, 0.717) is 6.61 Å². The van der Waals surface area contributed by atoms with Gasteiger partial charge in [-0.25, -0.2) is 0 Å². The van der Waals surface area contributed by atoms with Gasteiger partial charge < -0.3 is 21.7 Å². The average molecular weight is 463 g/mol. The quantitative estimate of drug-likeness (QED) is 0.396. The number of rotatable bonds is 6. The third-order valence-electron chi connectivity index (χ3n) is 4.97. The number of ether oxygens (including phenoxy) is 1. The summed E-state index contributed by atoms with van der Waals surface area (Å²) < 4.78 is 5.70. The van der Waals surface area contributed by atoms with Crippen LogP contribution in [-0.2, 0) is 0 Å². The van der Waals surface area contributed by atoms with Crippen LogP contribution in [0.2, 0.25) is 0 Å². The Morgan fingerprint density at radius 3 is 1.21 bits per heavy atom. The SMILES string of the molecule is CCOc1ccc([P+](c2ccccc2)(c2ccccc2)c2ccccc2)cc1.[Br-]. The minimum absolute atomic E-state index is 0. The van der Waals surface area contributed by atoms with E-state index >= 15 is 0 Å². The highest BCUT2D eigenvalue weighted by Gasteiger charge is 2.47. The Morgan fingerprint density at radius 2 is 0.862 bits per heavy atom. The van der Waals surface area contributed by atoms with Gasteiger partial charge >= 0.3 is 0 Å². The van der Waals surface area contributed by atoms with E-state index < -0.39 is 7.26 Å². The van der Waals surface area contributed by atoms with Crippen LogP contribution in [-0.4, -0.2) is 6.61 Å². The molecule has 0 aromatic heterocycles. The maximum atomic E-state index is 5.70. The molecule has 0 fully saturated rings. The van der Waals surface area contributed by atoms with Crippen molar-refractivity contribution in [3.8, 4) is 5.75 Å². The largest absolute Gasteiger partial charge is 1.00 e. The molecule has 0 aliphatic heterocycles. The van der Waals surface area contributed by atoms with Crippen LogP contribution in [0.3, 0.4) is 0 Å². The van der Waals surface area contributed by atoms with Crippen LogP contribution >= 0.6 is 7.26 Å². The van der Waals surface area contributed by atoms with Crippen molar-refractivity contribution >= 4 is 28.5 Å². The molecule has 146 valence electrons. The second kappa shape index (κ2) is 9.87. The molecule has 0 spiro atoms. The fourth-order valence-corrected chi connectivity index (χ4v) is 8.03. The van der Waals surface area contributed by atoms with Gasteiger partial charge in [0.25, 0.3) is 0 Å². The summed E-state index contributed by atoms with van der Waals surface area (Å²) in [6, 6.07) is 41.4. The van der Waals surface area contributed by atoms with Crippen molar-refractivity contribution in [2.24, 2.45) is 0 Å². The van der Waals surface area contributed by atoms with E-state index in [1.807, 2.05) is 6.92 Å². The summed E-state index contributed by atoms with van der Waals surface area (Å²) in [6.07, 6.45) is 0. The highest BCUT2D eigenvalue weighted by Crippen LogP contribution is 2.54. The van der Waals surface area contributed by atoms with Crippen LogP contribution in [0.1, 0.15) is 6.92 Å². The lowest BCUT2D eigenvalue weighted by molar-refractivity contribution is -0.00000595. The van der Waals surface area contributed by atoms with Crippen LogP contribution in [0.5, 0.6) is 5.75 Å². The highest BCUT2D eigenvalue weighted by molar-refractivity contribution is 8.01. The molecule has 0 amide bonds. The maximum absolute atomic E-state index is 5.70. The first-order valence-electron chi connectivity index (χ1n) is 9.65. The molecule has 0 aliphatic rings. The first kappa shape index (κ1) is 21.3. The molecule has 3 heteroatoms. The first-order chi connectivity index (χ1) is 13.9. The molecule has 0 heterocycles. The number of benzene rings is 4. The van der Waals surface area contributed by atoms with E-state index in [4.69, 9.17) is 4.74 Å². The lowest BCUT2D eigenvalue weighted by Crippen LogP contribution is -3.00. The second-order valence-corrected chi connectivity index (χ2v) is 10.0. The van der Waals surface area contributed by atoms with Crippen molar-refractivity contribution in [3.05, 3.63) is 115 Å². The van der Waals surface area contributed by atoms with E-state index in [9.17, 15) is 0 Å². The number of hydrogen-bond acceptors (Lipinski definition) is 1. The topological polar surface area (TPSA) is 9.23 Å². The second-order valence-electron chi connectivity index (χ2n) is 6.60. The predicted octanol–water partition coefficient (Wildman–Crippen LogP) is 1.71. The van der Waals surface area contributed by atoms with Crippen LogP contribution in [0, 0.1) is 0 Å². The average Bonchev–Trinajstić information content (AvgIpc) is 2.78. The fourth-order valence-electron chi connectivity index (χ4n) is 3.78. The Kier molecular flexibility index (Phi) is 7.25. The Hall–Kier alpha value is -2.41. The molecule has 0 saturated carbocycles. The lowest BCUT2D eigenvalue weighted by atomic mass is 10.3. The first-order valence-corrected chi connectivity index (χ1v) is 11.4. The Labute approximate surface area is 184 Å². The van der Waals surface area contributed by atoms with Gasteiger partial charge in [-0.15, -0.1) is 0 Å². The molecule has 0 saturated heterocycles. The Balaban J connectivity index is 0.00000240. The minimum atomic E-state index is -2.00. The van der Waals surface area contributed by atoms with E-state index in [2.05, 4.69) is 115 Å². The van der Waals surface area contributed by atoms with Gasteiger partial charge in [-0.3, -0.25) is 0 Å². The zero-order valence-electron chi connectivity index (χ0n) is 16.4. The molecular formula is C26H24BrOP. The standard InChI is InChI=1S/C26H24OP.BrH/c1-2-27-22-18-20-26(21-19-22)28(23-12-6-3-7-13-23,24-14-8-4-9-15-24)25-16-10-5-11-17-25;/h3-21H,2H2,1H3;1H/q+1;/p-1. The molecule has 0 unspecified atom stereocenters. The fraction of sp³-hybridized carbons (Fsp3) is 0.0769. The summed E-state index contributed by atoms with van der Waals surface area (Å²) in [5.74, 6) is 0.915. The molecule has 0 bridgehead atoms. The predicted molar refractivity (Wildman–Crippen MR) is 122 cm³/mol. The molecule has 1 nitrogen and oxygen atoms in total. The summed E-state index contributed by atoms with van der Waals surface area (Å²) in [6.45, 7) is 2.69. The Bertz CT molecular complexity index is 906. The zero-order chi connectivity index (χ0) is 19.2. The van der Waals surface area contributed by atoms with Gasteiger partial charge in [0.2, 0.25) is 0 Å². The summed E-state index contributed by atoms with van der Waals surface area (Å²) in [7, 11) is -2.00. The molecule has 4 aromatic rings. The van der Waals surface area contributed by atoms with Gasteiger partial charge in [0.1, 0.15) is 34.2 Å². The number of halogens is 1. The van der Waals surface area contributed by atoms with Crippen molar-refractivity contribution < 1.29 is 21.7 Å². The van der Waals surface area contributed by atoms with Gasteiger partial charge in [-0.2, -0.15) is 0 Å². The monoisotopic (exact) mass is 462 g/mol.